The van der Waals surface area contributed by atoms with Gasteiger partial charge in [-0.2, -0.15) is 0 Å². The maximum atomic E-state index is 10.2. The summed E-state index contributed by atoms with van der Waals surface area (Å²) in [6.07, 6.45) is -30.3. The third-order valence-corrected chi connectivity index (χ3v) is 8.76. The molecular formula is C24H44O21. The van der Waals surface area contributed by atoms with Crippen LogP contribution < -0.4 is 0 Å². The quantitative estimate of drug-likeness (QED) is 0.129. The lowest BCUT2D eigenvalue weighted by Gasteiger charge is -2.58. The first-order valence-corrected chi connectivity index (χ1v) is 13.9. The van der Waals surface area contributed by atoms with Crippen LogP contribution in [0.1, 0.15) is 13.8 Å². The summed E-state index contributed by atoms with van der Waals surface area (Å²) < 4.78 is 25.5. The largest absolute Gasteiger partial charge is 0.394 e. The normalized spacial score (nSPS) is 55.9. The molecule has 0 aliphatic carbocycles. The minimum absolute atomic E-state index is 0.667. The van der Waals surface area contributed by atoms with Gasteiger partial charge in [-0.05, 0) is 13.8 Å². The van der Waals surface area contributed by atoms with Gasteiger partial charge in [0.1, 0.15) is 96.7 Å². The molecule has 4 heterocycles. The molecule has 0 radical (unpaired) electrons. The Morgan fingerprint density at radius 3 is 1.31 bits per heavy atom. The Bertz CT molecular complexity index is 907. The molecule has 0 aromatic heterocycles. The summed E-state index contributed by atoms with van der Waals surface area (Å²) in [5.41, 5.74) is -4.04. The second-order valence-electron chi connectivity index (χ2n) is 11.6. The van der Waals surface area contributed by atoms with Crippen LogP contribution in [0.15, 0.2) is 0 Å². The molecule has 21 nitrogen and oxygen atoms in total. The van der Waals surface area contributed by atoms with Crippen molar-refractivity contribution in [3.63, 3.8) is 0 Å². The summed E-state index contributed by atoms with van der Waals surface area (Å²) in [4.78, 5) is 0. The highest BCUT2D eigenvalue weighted by Crippen LogP contribution is 2.45. The molecule has 4 fully saturated rings. The number of aliphatic hydroxyl groups excluding tert-OH is 16. The van der Waals surface area contributed by atoms with Gasteiger partial charge in [-0.25, -0.2) is 0 Å². The lowest BCUT2D eigenvalue weighted by Crippen LogP contribution is -2.78. The fourth-order valence-electron chi connectivity index (χ4n) is 5.53. The first-order valence-electron chi connectivity index (χ1n) is 13.9. The zero-order chi connectivity index (χ0) is 34.3. The summed E-state index contributed by atoms with van der Waals surface area (Å²) in [7, 11) is 0. The average Bonchev–Trinajstić information content (AvgIpc) is 3.01. The predicted octanol–water partition coefficient (Wildman–Crippen LogP) is -10.0. The van der Waals surface area contributed by atoms with Gasteiger partial charge in [-0.15, -0.1) is 0 Å². The van der Waals surface area contributed by atoms with E-state index in [-0.39, 0.29) is 0 Å². The molecule has 0 aromatic carbocycles. The van der Waals surface area contributed by atoms with Crippen molar-refractivity contribution >= 4 is 0 Å². The summed E-state index contributed by atoms with van der Waals surface area (Å²) in [5, 5.41) is 155. The highest BCUT2D eigenvalue weighted by atomic mass is 16.7. The third kappa shape index (κ3) is 7.01. The van der Waals surface area contributed by atoms with Gasteiger partial charge in [0, 0.05) is 0 Å². The molecule has 266 valence electrons. The van der Waals surface area contributed by atoms with Crippen LogP contribution in [-0.2, 0) is 23.7 Å². The van der Waals surface area contributed by atoms with Crippen LogP contribution >= 0.6 is 0 Å². The molecule has 4 saturated heterocycles. The van der Waals surface area contributed by atoms with E-state index in [4.69, 9.17) is 28.8 Å². The van der Waals surface area contributed by atoms with E-state index >= 15 is 0 Å². The van der Waals surface area contributed by atoms with Crippen LogP contribution in [0, 0.1) is 0 Å². The minimum Gasteiger partial charge on any atom is -0.394 e. The Morgan fingerprint density at radius 1 is 0.467 bits per heavy atom. The van der Waals surface area contributed by atoms with Gasteiger partial charge in [0.05, 0.1) is 13.2 Å². The monoisotopic (exact) mass is 668 g/mol. The molecule has 4 unspecified atom stereocenters. The van der Waals surface area contributed by atoms with Gasteiger partial charge in [0.25, 0.3) is 0 Å². The Morgan fingerprint density at radius 2 is 0.889 bits per heavy atom. The average molecular weight is 669 g/mol. The van der Waals surface area contributed by atoms with Gasteiger partial charge in [0.15, 0.2) is 25.2 Å². The van der Waals surface area contributed by atoms with Crippen LogP contribution in [0.4, 0.5) is 0 Å². The lowest BCUT2D eigenvalue weighted by molar-refractivity contribution is -0.408. The fraction of sp³-hybridized carbons (Fsp3) is 1.00. The molecule has 21 heteroatoms. The van der Waals surface area contributed by atoms with Gasteiger partial charge in [0.2, 0.25) is 0 Å². The highest BCUT2D eigenvalue weighted by Gasteiger charge is 2.67. The Hall–Kier alpha value is -0.840. The Balaban J connectivity index is 0.000000246. The van der Waals surface area contributed by atoms with Crippen molar-refractivity contribution in [3.05, 3.63) is 0 Å². The van der Waals surface area contributed by atoms with Crippen LogP contribution in [0.25, 0.3) is 0 Å². The maximum Gasteiger partial charge on any atom is 0.187 e. The van der Waals surface area contributed by atoms with Crippen LogP contribution in [-0.4, -0.2) is 217 Å². The van der Waals surface area contributed by atoms with E-state index in [0.29, 0.717) is 0 Å². The first kappa shape index (κ1) is 38.6. The molecule has 4 aliphatic rings. The van der Waals surface area contributed by atoms with E-state index in [1.54, 1.807) is 0 Å². The van der Waals surface area contributed by atoms with E-state index in [1.807, 2.05) is 0 Å². The molecule has 4 aliphatic heterocycles. The van der Waals surface area contributed by atoms with Gasteiger partial charge < -0.3 is 105 Å². The fourth-order valence-corrected chi connectivity index (χ4v) is 5.53. The van der Waals surface area contributed by atoms with E-state index in [9.17, 15) is 76.6 Å². The zero-order valence-corrected chi connectivity index (χ0v) is 24.0. The molecule has 20 atom stereocenters. The second-order valence-corrected chi connectivity index (χ2v) is 11.6. The van der Waals surface area contributed by atoms with Gasteiger partial charge >= 0.3 is 0 Å². The van der Waals surface area contributed by atoms with Crippen molar-refractivity contribution in [1.82, 2.24) is 0 Å². The standard InChI is InChI=1S/C12H22O11.C12H22O10/c13-1-3-5(15)6(16)9(19)12(22-3)23-10-4(2-14)21-11(20)8(18)7(10)17;1-11(7(17)3(13)5(15)9(19)21-11)12(2)8(18)4(14)6(16)10(20)22-12/h3-20H,1-2H2;3-10,13-20H,1-2H3/t3-,4-,5+,6+,7-,8?,9-,10-,11?,12+;3-,4-,5-,6-,7-,8-,9?,10?,11-,12-/m10/s1. The minimum atomic E-state index is -2.02. The van der Waals surface area contributed by atoms with Crippen molar-refractivity contribution in [2.24, 2.45) is 0 Å². The Kier molecular flexibility index (Phi) is 12.6. The molecule has 16 N–H and O–H groups in total. The second kappa shape index (κ2) is 14.7. The zero-order valence-electron chi connectivity index (χ0n) is 24.0. The molecule has 45 heavy (non-hydrogen) atoms. The predicted molar refractivity (Wildman–Crippen MR) is 136 cm³/mol. The van der Waals surface area contributed by atoms with Crippen molar-refractivity contribution in [2.45, 2.75) is 136 Å². The first-order chi connectivity index (χ1) is 20.8. The smallest absolute Gasteiger partial charge is 0.187 e. The summed E-state index contributed by atoms with van der Waals surface area (Å²) >= 11 is 0. The van der Waals surface area contributed by atoms with Crippen LogP contribution in [0.2, 0.25) is 0 Å². The van der Waals surface area contributed by atoms with Crippen LogP contribution in [0.5, 0.6) is 0 Å². The van der Waals surface area contributed by atoms with Crippen molar-refractivity contribution < 1.29 is 105 Å². The Labute approximate surface area is 254 Å². The third-order valence-electron chi connectivity index (χ3n) is 8.76. The van der Waals surface area contributed by atoms with Crippen LogP contribution in [0.3, 0.4) is 0 Å². The summed E-state index contributed by atoms with van der Waals surface area (Å²) in [5.74, 6) is 0. The SMILES string of the molecule is C[C@]1([C@@]2(C)OC(O)[C@@H](O)[C@H](O)[C@@H]2O)OC(O)[C@@H](O)[C@H](O)[C@@H]1O.OC[C@H]1O[C@@H](O[C@H]2[C@H](O)C(O)C(O)O[C@@H]2CO)[C@H](O)[C@@H](O)[C@H]1O. The van der Waals surface area contributed by atoms with Crippen molar-refractivity contribution in [3.8, 4) is 0 Å². The van der Waals surface area contributed by atoms with Crippen molar-refractivity contribution in [1.29, 1.82) is 0 Å². The van der Waals surface area contributed by atoms with Gasteiger partial charge in [-0.3, -0.25) is 0 Å². The molecule has 4 rings (SSSR count). The van der Waals surface area contributed by atoms with E-state index < -0.39 is 135 Å². The van der Waals surface area contributed by atoms with Crippen molar-refractivity contribution in [2.75, 3.05) is 13.2 Å². The number of ether oxygens (including phenoxy) is 5. The number of aliphatic hydroxyl groups is 16. The topological polar surface area (TPSA) is 370 Å². The highest BCUT2D eigenvalue weighted by molar-refractivity contribution is 5.14. The van der Waals surface area contributed by atoms with E-state index in [0.717, 1.165) is 13.8 Å². The lowest BCUT2D eigenvalue weighted by atomic mass is 9.70. The number of hydrogen-bond donors (Lipinski definition) is 16. The van der Waals surface area contributed by atoms with E-state index in [2.05, 4.69) is 0 Å². The summed E-state index contributed by atoms with van der Waals surface area (Å²) in [6, 6.07) is 0. The molecule has 0 aromatic rings. The molecule has 0 spiro atoms. The number of rotatable bonds is 5. The van der Waals surface area contributed by atoms with E-state index in [1.165, 1.54) is 0 Å². The molecule has 0 saturated carbocycles. The molecule has 0 amide bonds. The molecule has 0 bridgehead atoms. The summed E-state index contributed by atoms with van der Waals surface area (Å²) in [6.45, 7) is 0.981. The maximum absolute atomic E-state index is 10.2. The molecular weight excluding hydrogens is 624 g/mol. The number of hydrogen-bond acceptors (Lipinski definition) is 21. The van der Waals surface area contributed by atoms with Gasteiger partial charge in [-0.1, -0.05) is 0 Å².